The number of hydrogen-bond acceptors (Lipinski definition) is 4. The third kappa shape index (κ3) is 2.59. The van der Waals surface area contributed by atoms with Crippen molar-refractivity contribution in [2.75, 3.05) is 19.1 Å². The summed E-state index contributed by atoms with van der Waals surface area (Å²) in [6, 6.07) is 7.92. The number of thiophene rings is 1. The van der Waals surface area contributed by atoms with Crippen LogP contribution in [0.15, 0.2) is 24.3 Å². The number of carbonyl (C=O) groups excluding carboxylic acids is 1. The third-order valence-electron chi connectivity index (χ3n) is 4.61. The number of nitrogens with one attached hydrogen (secondary N) is 1. The summed E-state index contributed by atoms with van der Waals surface area (Å²) in [4.78, 5) is 16.3. The molecule has 2 aromatic rings. The highest BCUT2D eigenvalue weighted by molar-refractivity contribution is 7.16. The Morgan fingerprint density at radius 1 is 1.30 bits per heavy atom. The van der Waals surface area contributed by atoms with Gasteiger partial charge in [-0.2, -0.15) is 0 Å². The van der Waals surface area contributed by atoms with Crippen LogP contribution in [0.4, 0.5) is 5.00 Å². The van der Waals surface area contributed by atoms with Crippen molar-refractivity contribution in [3.05, 3.63) is 45.8 Å². The van der Waals surface area contributed by atoms with E-state index in [1.807, 2.05) is 29.2 Å². The molecule has 2 heterocycles. The van der Waals surface area contributed by atoms with E-state index in [2.05, 4.69) is 5.32 Å². The van der Waals surface area contributed by atoms with Gasteiger partial charge in [-0.05, 0) is 48.9 Å². The Bertz CT molecular complexity index is 753. The summed E-state index contributed by atoms with van der Waals surface area (Å²) in [5.41, 5.74) is 3.31. The van der Waals surface area contributed by atoms with E-state index in [4.69, 9.17) is 4.74 Å². The maximum absolute atomic E-state index is 13.0. The van der Waals surface area contributed by atoms with Crippen LogP contribution in [0.3, 0.4) is 0 Å². The SMILES string of the molecule is COc1cccc(CN2CNc3sc4c(c3C2=O)CCCC4)c1. The Hall–Kier alpha value is -2.01. The Morgan fingerprint density at radius 2 is 2.17 bits per heavy atom. The van der Waals surface area contributed by atoms with Crippen LogP contribution >= 0.6 is 11.3 Å². The molecule has 2 aliphatic rings. The smallest absolute Gasteiger partial charge is 0.258 e. The van der Waals surface area contributed by atoms with E-state index < -0.39 is 0 Å². The van der Waals surface area contributed by atoms with Gasteiger partial charge in [-0.1, -0.05) is 12.1 Å². The maximum Gasteiger partial charge on any atom is 0.258 e. The van der Waals surface area contributed by atoms with Crippen molar-refractivity contribution in [1.29, 1.82) is 0 Å². The molecule has 4 nitrogen and oxygen atoms in total. The molecule has 0 saturated heterocycles. The molecule has 1 aliphatic heterocycles. The summed E-state index contributed by atoms with van der Waals surface area (Å²) in [7, 11) is 1.66. The predicted molar refractivity (Wildman–Crippen MR) is 92.3 cm³/mol. The minimum absolute atomic E-state index is 0.168. The van der Waals surface area contributed by atoms with Crippen LogP contribution in [-0.4, -0.2) is 24.6 Å². The monoisotopic (exact) mass is 328 g/mol. The van der Waals surface area contributed by atoms with E-state index in [0.717, 1.165) is 34.7 Å². The molecule has 120 valence electrons. The number of hydrogen-bond donors (Lipinski definition) is 1. The second-order valence-electron chi connectivity index (χ2n) is 6.10. The molecule has 1 aromatic heterocycles. The van der Waals surface area contributed by atoms with Crippen LogP contribution in [0.25, 0.3) is 0 Å². The van der Waals surface area contributed by atoms with Gasteiger partial charge in [0.05, 0.1) is 19.3 Å². The van der Waals surface area contributed by atoms with Gasteiger partial charge < -0.3 is 15.0 Å². The van der Waals surface area contributed by atoms with Crippen molar-refractivity contribution < 1.29 is 9.53 Å². The lowest BCUT2D eigenvalue weighted by atomic mass is 9.94. The molecular weight excluding hydrogens is 308 g/mol. The van der Waals surface area contributed by atoms with Crippen LogP contribution in [0.5, 0.6) is 5.75 Å². The fourth-order valence-electron chi connectivity index (χ4n) is 3.43. The largest absolute Gasteiger partial charge is 0.497 e. The number of methoxy groups -OCH3 is 1. The van der Waals surface area contributed by atoms with Crippen LogP contribution < -0.4 is 10.1 Å². The van der Waals surface area contributed by atoms with Gasteiger partial charge in [0, 0.05) is 11.4 Å². The average molecular weight is 328 g/mol. The van der Waals surface area contributed by atoms with Gasteiger partial charge in [0.15, 0.2) is 0 Å². The van der Waals surface area contributed by atoms with Crippen molar-refractivity contribution in [2.45, 2.75) is 32.2 Å². The summed E-state index contributed by atoms with van der Waals surface area (Å²) < 4.78 is 5.27. The van der Waals surface area contributed by atoms with Crippen molar-refractivity contribution in [1.82, 2.24) is 4.90 Å². The molecule has 0 radical (unpaired) electrons. The van der Waals surface area contributed by atoms with Gasteiger partial charge in [0.2, 0.25) is 0 Å². The summed E-state index contributed by atoms with van der Waals surface area (Å²) in [6.07, 6.45) is 4.60. The third-order valence-corrected chi connectivity index (χ3v) is 5.86. The fourth-order valence-corrected chi connectivity index (χ4v) is 4.70. The molecule has 5 heteroatoms. The second kappa shape index (κ2) is 5.89. The quantitative estimate of drug-likeness (QED) is 0.935. The zero-order valence-electron chi connectivity index (χ0n) is 13.2. The Kier molecular flexibility index (Phi) is 3.73. The number of amides is 1. The molecular formula is C18H20N2O2S. The highest BCUT2D eigenvalue weighted by Crippen LogP contribution is 2.40. The van der Waals surface area contributed by atoms with Crippen molar-refractivity contribution >= 4 is 22.2 Å². The zero-order chi connectivity index (χ0) is 15.8. The summed E-state index contributed by atoms with van der Waals surface area (Å²) in [5.74, 6) is 0.995. The molecule has 1 aliphatic carbocycles. The fraction of sp³-hybridized carbons (Fsp3) is 0.389. The predicted octanol–water partition coefficient (Wildman–Crippen LogP) is 3.66. The Balaban J connectivity index is 1.60. The van der Waals surface area contributed by atoms with Crippen LogP contribution in [0.1, 0.15) is 39.2 Å². The lowest BCUT2D eigenvalue weighted by molar-refractivity contribution is 0.0746. The molecule has 0 spiro atoms. The minimum Gasteiger partial charge on any atom is -0.497 e. The lowest BCUT2D eigenvalue weighted by Gasteiger charge is -2.29. The number of benzene rings is 1. The van der Waals surface area contributed by atoms with Crippen LogP contribution in [0, 0.1) is 0 Å². The van der Waals surface area contributed by atoms with Gasteiger partial charge in [0.1, 0.15) is 10.8 Å². The number of aryl methyl sites for hydroxylation is 1. The van der Waals surface area contributed by atoms with E-state index in [1.54, 1.807) is 18.4 Å². The molecule has 1 aromatic carbocycles. The molecule has 0 atom stereocenters. The van der Waals surface area contributed by atoms with E-state index in [9.17, 15) is 4.79 Å². The highest BCUT2D eigenvalue weighted by Gasteiger charge is 2.31. The Labute approximate surface area is 140 Å². The molecule has 0 bridgehead atoms. The topological polar surface area (TPSA) is 41.6 Å². The van der Waals surface area contributed by atoms with Gasteiger partial charge in [0.25, 0.3) is 5.91 Å². The van der Waals surface area contributed by atoms with E-state index in [1.165, 1.54) is 23.3 Å². The molecule has 1 amide bonds. The van der Waals surface area contributed by atoms with Gasteiger partial charge in [-0.25, -0.2) is 0 Å². The molecule has 0 unspecified atom stereocenters. The first-order valence-electron chi connectivity index (χ1n) is 8.07. The number of fused-ring (bicyclic) bond motifs is 3. The lowest BCUT2D eigenvalue weighted by Crippen LogP contribution is -2.39. The summed E-state index contributed by atoms with van der Waals surface area (Å²) in [5, 5.41) is 4.51. The van der Waals surface area contributed by atoms with Crippen molar-refractivity contribution in [3.63, 3.8) is 0 Å². The van der Waals surface area contributed by atoms with E-state index in [-0.39, 0.29) is 5.91 Å². The number of carbonyl (C=O) groups is 1. The molecule has 0 fully saturated rings. The first-order chi connectivity index (χ1) is 11.3. The van der Waals surface area contributed by atoms with Gasteiger partial charge >= 0.3 is 0 Å². The maximum atomic E-state index is 13.0. The van der Waals surface area contributed by atoms with Crippen LogP contribution in [0.2, 0.25) is 0 Å². The highest BCUT2D eigenvalue weighted by atomic mass is 32.1. The van der Waals surface area contributed by atoms with Crippen LogP contribution in [-0.2, 0) is 19.4 Å². The summed E-state index contributed by atoms with van der Waals surface area (Å²) in [6.45, 7) is 1.18. The molecule has 4 rings (SSSR count). The first kappa shape index (κ1) is 14.6. The normalized spacial score (nSPS) is 16.6. The molecule has 23 heavy (non-hydrogen) atoms. The van der Waals surface area contributed by atoms with Crippen molar-refractivity contribution in [3.8, 4) is 5.75 Å². The minimum atomic E-state index is 0.168. The van der Waals surface area contributed by atoms with Gasteiger partial charge in [-0.3, -0.25) is 4.79 Å². The summed E-state index contributed by atoms with van der Waals surface area (Å²) >= 11 is 1.78. The zero-order valence-corrected chi connectivity index (χ0v) is 14.0. The molecule has 1 N–H and O–H groups in total. The standard InChI is InChI=1S/C18H20N2O2S/c1-22-13-6-4-5-12(9-13)10-20-11-19-17-16(18(20)21)14-7-2-3-8-15(14)23-17/h4-6,9,19H,2-3,7-8,10-11H2,1H3. The van der Waals surface area contributed by atoms with E-state index >= 15 is 0 Å². The number of anilines is 1. The average Bonchev–Trinajstić information content (AvgIpc) is 2.97. The van der Waals surface area contributed by atoms with E-state index in [0.29, 0.717) is 13.2 Å². The molecule has 0 saturated carbocycles. The second-order valence-corrected chi connectivity index (χ2v) is 7.21. The van der Waals surface area contributed by atoms with Crippen molar-refractivity contribution in [2.24, 2.45) is 0 Å². The number of nitrogens with zero attached hydrogens (tertiary/aromatic N) is 1. The number of rotatable bonds is 3. The van der Waals surface area contributed by atoms with Gasteiger partial charge in [-0.15, -0.1) is 11.3 Å². The number of ether oxygens (including phenoxy) is 1. The first-order valence-corrected chi connectivity index (χ1v) is 8.88. The Morgan fingerprint density at radius 3 is 3.04 bits per heavy atom.